The molecule has 0 bridgehead atoms. The third-order valence-electron chi connectivity index (χ3n) is 5.45. The van der Waals surface area contributed by atoms with Crippen molar-refractivity contribution < 1.29 is 4.79 Å². The van der Waals surface area contributed by atoms with Crippen molar-refractivity contribution in [2.24, 2.45) is 5.92 Å². The van der Waals surface area contributed by atoms with Gasteiger partial charge in [-0.25, -0.2) is 4.98 Å². The number of aromatic nitrogens is 4. The maximum atomic E-state index is 13.1. The highest BCUT2D eigenvalue weighted by Crippen LogP contribution is 2.35. The molecule has 5 rings (SSSR count). The van der Waals surface area contributed by atoms with Crippen LogP contribution in [0.5, 0.6) is 0 Å². The monoisotopic (exact) mass is 379 g/mol. The number of hydrogen-bond donors (Lipinski definition) is 0. The third-order valence-corrected chi connectivity index (χ3v) is 6.65. The highest BCUT2D eigenvalue weighted by atomic mass is 32.1. The zero-order valence-electron chi connectivity index (χ0n) is 15.3. The van der Waals surface area contributed by atoms with E-state index in [1.165, 1.54) is 4.88 Å². The van der Waals surface area contributed by atoms with Crippen LogP contribution in [0.25, 0.3) is 10.6 Å². The summed E-state index contributed by atoms with van der Waals surface area (Å²) in [5, 5.41) is 5.52. The van der Waals surface area contributed by atoms with Gasteiger partial charge in [-0.3, -0.25) is 14.5 Å². The van der Waals surface area contributed by atoms with Crippen LogP contribution in [0.2, 0.25) is 0 Å². The Kier molecular flexibility index (Phi) is 4.04. The van der Waals surface area contributed by atoms with Crippen LogP contribution in [0.3, 0.4) is 0 Å². The van der Waals surface area contributed by atoms with Crippen molar-refractivity contribution >= 4 is 17.2 Å². The number of hydrogen-bond acceptors (Lipinski definition) is 5. The summed E-state index contributed by atoms with van der Waals surface area (Å²) in [6.45, 7) is 4.20. The minimum absolute atomic E-state index is 0.0421. The number of amides is 1. The molecule has 6 nitrogen and oxygen atoms in total. The quantitative estimate of drug-likeness (QED) is 0.687. The van der Waals surface area contributed by atoms with Gasteiger partial charge in [-0.1, -0.05) is 0 Å². The number of thiazole rings is 1. The molecule has 2 aliphatic rings. The van der Waals surface area contributed by atoms with Gasteiger partial charge in [0.2, 0.25) is 5.91 Å². The van der Waals surface area contributed by atoms with E-state index in [1.54, 1.807) is 23.7 Å². The first-order valence-electron chi connectivity index (χ1n) is 9.38. The minimum atomic E-state index is 0.0421. The Hall–Kier alpha value is -2.54. The van der Waals surface area contributed by atoms with Crippen LogP contribution in [-0.4, -0.2) is 37.1 Å². The van der Waals surface area contributed by atoms with Gasteiger partial charge in [0.25, 0.3) is 0 Å². The fourth-order valence-electron chi connectivity index (χ4n) is 4.06. The lowest BCUT2D eigenvalue weighted by atomic mass is 9.89. The minimum Gasteiger partial charge on any atom is -0.335 e. The van der Waals surface area contributed by atoms with E-state index >= 15 is 0 Å². The number of fused-ring (bicyclic) bond motifs is 2. The molecule has 0 fully saturated rings. The molecule has 1 atom stereocenters. The van der Waals surface area contributed by atoms with Crippen molar-refractivity contribution in [3.8, 4) is 10.6 Å². The Morgan fingerprint density at radius 1 is 1.26 bits per heavy atom. The molecule has 0 saturated heterocycles. The molecule has 7 heteroatoms. The van der Waals surface area contributed by atoms with E-state index in [1.807, 2.05) is 28.6 Å². The van der Waals surface area contributed by atoms with Gasteiger partial charge >= 0.3 is 0 Å². The molecule has 1 aliphatic carbocycles. The average molecular weight is 379 g/mol. The van der Waals surface area contributed by atoms with Crippen LogP contribution in [0.4, 0.5) is 0 Å². The number of pyridine rings is 1. The second kappa shape index (κ2) is 6.56. The topological polar surface area (TPSA) is 63.9 Å². The van der Waals surface area contributed by atoms with Crippen molar-refractivity contribution in [2.75, 3.05) is 6.54 Å². The van der Waals surface area contributed by atoms with E-state index in [0.29, 0.717) is 6.54 Å². The lowest BCUT2D eigenvalue weighted by molar-refractivity contribution is -0.137. The lowest BCUT2D eigenvalue weighted by Gasteiger charge is -2.32. The van der Waals surface area contributed by atoms with Crippen molar-refractivity contribution in [1.29, 1.82) is 0 Å². The van der Waals surface area contributed by atoms with Crippen LogP contribution >= 0.6 is 11.3 Å². The summed E-state index contributed by atoms with van der Waals surface area (Å²) >= 11 is 1.76. The molecular formula is C20H21N5OS. The second-order valence-corrected chi connectivity index (χ2v) is 8.41. The Morgan fingerprint density at radius 3 is 2.96 bits per heavy atom. The summed E-state index contributed by atoms with van der Waals surface area (Å²) < 4.78 is 2.03. The van der Waals surface area contributed by atoms with Gasteiger partial charge in [0.05, 0.1) is 30.2 Å². The van der Waals surface area contributed by atoms with Gasteiger partial charge in [-0.05, 0) is 38.0 Å². The summed E-state index contributed by atoms with van der Waals surface area (Å²) in [6, 6.07) is 6.07. The van der Waals surface area contributed by atoms with E-state index in [-0.39, 0.29) is 11.8 Å². The SMILES string of the molecule is Cc1cc2n(n1)CCN(C(=O)C1CCc3sc(-c4ccncc4)nc3C1)C2. The van der Waals surface area contributed by atoms with Crippen molar-refractivity contribution in [3.05, 3.63) is 52.6 Å². The summed E-state index contributed by atoms with van der Waals surface area (Å²) in [6.07, 6.45) is 6.21. The molecule has 4 heterocycles. The molecule has 0 radical (unpaired) electrons. The van der Waals surface area contributed by atoms with E-state index in [0.717, 1.165) is 60.0 Å². The molecule has 27 heavy (non-hydrogen) atoms. The Morgan fingerprint density at radius 2 is 2.11 bits per heavy atom. The molecule has 3 aromatic rings. The Bertz CT molecular complexity index is 993. The highest BCUT2D eigenvalue weighted by Gasteiger charge is 2.32. The first-order valence-corrected chi connectivity index (χ1v) is 10.2. The van der Waals surface area contributed by atoms with Crippen LogP contribution in [-0.2, 0) is 30.7 Å². The highest BCUT2D eigenvalue weighted by molar-refractivity contribution is 7.15. The van der Waals surface area contributed by atoms with Crippen LogP contribution < -0.4 is 0 Å². The first-order chi connectivity index (χ1) is 13.2. The standard InChI is InChI=1S/C20H21N5OS/c1-13-10-16-12-24(8-9-25(16)23-13)20(26)15-2-3-18-17(11-15)22-19(27-18)14-4-6-21-7-5-14/h4-7,10,15H,2-3,8-9,11-12H2,1H3. The average Bonchev–Trinajstić information content (AvgIpc) is 3.29. The molecular weight excluding hydrogens is 358 g/mol. The van der Waals surface area contributed by atoms with E-state index < -0.39 is 0 Å². The summed E-state index contributed by atoms with van der Waals surface area (Å²) in [5.74, 6) is 0.310. The summed E-state index contributed by atoms with van der Waals surface area (Å²) in [7, 11) is 0. The number of carbonyl (C=O) groups excluding carboxylic acids is 1. The molecule has 138 valence electrons. The van der Waals surface area contributed by atoms with Gasteiger partial charge < -0.3 is 4.90 Å². The maximum Gasteiger partial charge on any atom is 0.226 e. The third kappa shape index (κ3) is 3.06. The molecule has 1 aliphatic heterocycles. The van der Waals surface area contributed by atoms with Crippen molar-refractivity contribution in [1.82, 2.24) is 24.6 Å². The van der Waals surface area contributed by atoms with Crippen LogP contribution in [0.1, 0.15) is 28.4 Å². The van der Waals surface area contributed by atoms with Gasteiger partial charge in [0.15, 0.2) is 0 Å². The van der Waals surface area contributed by atoms with E-state index in [9.17, 15) is 4.79 Å². The Balaban J connectivity index is 1.32. The predicted octanol–water partition coefficient (Wildman–Crippen LogP) is 2.86. The molecule has 1 amide bonds. The zero-order chi connectivity index (χ0) is 18.4. The van der Waals surface area contributed by atoms with Crippen molar-refractivity contribution in [2.45, 2.75) is 39.3 Å². The number of aryl methyl sites for hydroxylation is 2. The maximum absolute atomic E-state index is 13.1. The zero-order valence-corrected chi connectivity index (χ0v) is 16.1. The summed E-state index contributed by atoms with van der Waals surface area (Å²) in [4.78, 5) is 25.4. The number of rotatable bonds is 2. The van der Waals surface area contributed by atoms with Gasteiger partial charge in [-0.2, -0.15) is 5.10 Å². The largest absolute Gasteiger partial charge is 0.335 e. The van der Waals surface area contributed by atoms with E-state index in [4.69, 9.17) is 4.98 Å². The molecule has 0 aromatic carbocycles. The second-order valence-electron chi connectivity index (χ2n) is 7.32. The van der Waals surface area contributed by atoms with Gasteiger partial charge in [0, 0.05) is 41.7 Å². The first kappa shape index (κ1) is 16.6. The number of nitrogens with zero attached hydrogens (tertiary/aromatic N) is 5. The fourth-order valence-corrected chi connectivity index (χ4v) is 5.17. The van der Waals surface area contributed by atoms with Gasteiger partial charge in [-0.15, -0.1) is 11.3 Å². The smallest absolute Gasteiger partial charge is 0.226 e. The summed E-state index contributed by atoms with van der Waals surface area (Å²) in [5.41, 5.74) is 4.37. The molecule has 3 aromatic heterocycles. The molecule has 0 saturated carbocycles. The molecule has 1 unspecified atom stereocenters. The molecule has 0 spiro atoms. The van der Waals surface area contributed by atoms with Crippen molar-refractivity contribution in [3.63, 3.8) is 0 Å². The van der Waals surface area contributed by atoms with Crippen LogP contribution in [0.15, 0.2) is 30.6 Å². The fraction of sp³-hybridized carbons (Fsp3) is 0.400. The predicted molar refractivity (Wildman–Crippen MR) is 103 cm³/mol. The van der Waals surface area contributed by atoms with E-state index in [2.05, 4.69) is 16.1 Å². The van der Waals surface area contributed by atoms with Gasteiger partial charge in [0.1, 0.15) is 5.01 Å². The Labute approximate surface area is 161 Å². The van der Waals surface area contributed by atoms with Crippen LogP contribution in [0, 0.1) is 12.8 Å². The molecule has 0 N–H and O–H groups in total. The normalized spacial score (nSPS) is 18.9. The lowest BCUT2D eigenvalue weighted by Crippen LogP contribution is -2.42. The number of carbonyl (C=O) groups is 1.